The summed E-state index contributed by atoms with van der Waals surface area (Å²) < 4.78 is 29.4. The Labute approximate surface area is 122 Å². The maximum Gasteiger partial charge on any atom is 0.178 e. The van der Waals surface area contributed by atoms with Crippen LogP contribution in [0, 0.1) is 0 Å². The van der Waals surface area contributed by atoms with Crippen LogP contribution >= 0.6 is 0 Å². The lowest BCUT2D eigenvalue weighted by Gasteiger charge is -2.25. The van der Waals surface area contributed by atoms with Gasteiger partial charge < -0.3 is 10.1 Å². The summed E-state index contributed by atoms with van der Waals surface area (Å²) in [7, 11) is -3.13. The van der Waals surface area contributed by atoms with E-state index in [1.54, 1.807) is 24.3 Å². The van der Waals surface area contributed by atoms with Crippen LogP contribution in [0.5, 0.6) is 0 Å². The SMILES string of the molecule is CCCS(=O)(=O)c1ccc(NCC(C)(C)OCC)cc1. The zero-order chi connectivity index (χ0) is 15.2. The lowest BCUT2D eigenvalue weighted by atomic mass is 10.1. The maximum absolute atomic E-state index is 11.9. The van der Waals surface area contributed by atoms with Crippen LogP contribution in [0.1, 0.15) is 34.1 Å². The van der Waals surface area contributed by atoms with E-state index in [4.69, 9.17) is 4.74 Å². The number of rotatable bonds is 8. The van der Waals surface area contributed by atoms with E-state index < -0.39 is 9.84 Å². The van der Waals surface area contributed by atoms with Crippen LogP contribution in [0.25, 0.3) is 0 Å². The molecule has 0 radical (unpaired) electrons. The van der Waals surface area contributed by atoms with Crippen molar-refractivity contribution in [1.29, 1.82) is 0 Å². The molecule has 4 nitrogen and oxygen atoms in total. The molecule has 5 heteroatoms. The summed E-state index contributed by atoms with van der Waals surface area (Å²) >= 11 is 0. The first-order valence-electron chi connectivity index (χ1n) is 7.01. The van der Waals surface area contributed by atoms with Gasteiger partial charge in [-0.05, 0) is 51.5 Å². The Bertz CT molecular complexity index is 506. The Balaban J connectivity index is 2.68. The van der Waals surface area contributed by atoms with Gasteiger partial charge in [-0.15, -0.1) is 0 Å². The number of anilines is 1. The number of hydrogen-bond acceptors (Lipinski definition) is 4. The van der Waals surface area contributed by atoms with Crippen LogP contribution in [-0.4, -0.2) is 32.9 Å². The number of benzene rings is 1. The van der Waals surface area contributed by atoms with Gasteiger partial charge in [0.2, 0.25) is 0 Å². The van der Waals surface area contributed by atoms with Crippen molar-refractivity contribution in [3.05, 3.63) is 24.3 Å². The van der Waals surface area contributed by atoms with Gasteiger partial charge in [-0.1, -0.05) is 6.92 Å². The molecular formula is C15H25NO3S. The third kappa shape index (κ3) is 5.13. The Morgan fingerprint density at radius 3 is 2.25 bits per heavy atom. The van der Waals surface area contributed by atoms with E-state index in [1.165, 1.54) is 0 Å². The van der Waals surface area contributed by atoms with Crippen LogP contribution in [0.4, 0.5) is 5.69 Å². The molecule has 1 aromatic carbocycles. The van der Waals surface area contributed by atoms with E-state index >= 15 is 0 Å². The van der Waals surface area contributed by atoms with E-state index in [2.05, 4.69) is 5.32 Å². The standard InChI is InChI=1S/C15H25NO3S/c1-5-11-20(17,18)14-9-7-13(8-10-14)16-12-15(3,4)19-6-2/h7-10,16H,5-6,11-12H2,1-4H3. The highest BCUT2D eigenvalue weighted by Crippen LogP contribution is 2.17. The molecule has 0 fully saturated rings. The molecule has 0 aliphatic heterocycles. The molecular weight excluding hydrogens is 274 g/mol. The molecule has 114 valence electrons. The Kier molecular flexibility index (Phi) is 6.02. The van der Waals surface area contributed by atoms with Gasteiger partial charge in [0.25, 0.3) is 0 Å². The summed E-state index contributed by atoms with van der Waals surface area (Å²) in [5.74, 6) is 0.192. The van der Waals surface area contributed by atoms with Gasteiger partial charge in [0.15, 0.2) is 9.84 Å². The Hall–Kier alpha value is -1.07. The molecule has 0 unspecified atom stereocenters. The first-order chi connectivity index (χ1) is 9.30. The second-order valence-corrected chi connectivity index (χ2v) is 7.50. The average molecular weight is 299 g/mol. The number of sulfone groups is 1. The first-order valence-corrected chi connectivity index (χ1v) is 8.66. The zero-order valence-electron chi connectivity index (χ0n) is 12.8. The van der Waals surface area contributed by atoms with Gasteiger partial charge in [0, 0.05) is 18.8 Å². The van der Waals surface area contributed by atoms with Gasteiger partial charge in [-0.3, -0.25) is 0 Å². The molecule has 1 N–H and O–H groups in total. The van der Waals surface area contributed by atoms with E-state index in [0.717, 1.165) is 5.69 Å². The molecule has 0 saturated carbocycles. The molecule has 0 spiro atoms. The van der Waals surface area contributed by atoms with Crippen molar-refractivity contribution in [1.82, 2.24) is 0 Å². The van der Waals surface area contributed by atoms with Crippen LogP contribution < -0.4 is 5.32 Å². The highest BCUT2D eigenvalue weighted by atomic mass is 32.2. The molecule has 0 aliphatic rings. The van der Waals surface area contributed by atoms with Crippen LogP contribution in [0.2, 0.25) is 0 Å². The van der Waals surface area contributed by atoms with Crippen LogP contribution in [-0.2, 0) is 14.6 Å². The predicted molar refractivity (Wildman–Crippen MR) is 83.0 cm³/mol. The van der Waals surface area contributed by atoms with Gasteiger partial charge in [-0.2, -0.15) is 0 Å². The summed E-state index contributed by atoms with van der Waals surface area (Å²) in [6.07, 6.45) is 0.630. The first kappa shape index (κ1) is 17.0. The summed E-state index contributed by atoms with van der Waals surface area (Å²) in [5.41, 5.74) is 0.648. The maximum atomic E-state index is 11.9. The average Bonchev–Trinajstić information content (AvgIpc) is 2.37. The molecule has 0 bridgehead atoms. The smallest absolute Gasteiger partial charge is 0.178 e. The van der Waals surface area contributed by atoms with E-state index in [1.807, 2.05) is 27.7 Å². The fraction of sp³-hybridized carbons (Fsp3) is 0.600. The molecule has 1 aromatic rings. The molecule has 20 heavy (non-hydrogen) atoms. The van der Waals surface area contributed by atoms with Crippen LogP contribution in [0.15, 0.2) is 29.2 Å². The second-order valence-electron chi connectivity index (χ2n) is 5.39. The van der Waals surface area contributed by atoms with Crippen molar-refractivity contribution in [3.63, 3.8) is 0 Å². The van der Waals surface area contributed by atoms with Gasteiger partial charge in [-0.25, -0.2) is 8.42 Å². The number of nitrogens with one attached hydrogen (secondary N) is 1. The predicted octanol–water partition coefficient (Wildman–Crippen LogP) is 3.10. The third-order valence-electron chi connectivity index (χ3n) is 2.94. The highest BCUT2D eigenvalue weighted by Gasteiger charge is 2.17. The van der Waals surface area contributed by atoms with Crippen molar-refractivity contribution in [2.24, 2.45) is 0 Å². The minimum Gasteiger partial charge on any atom is -0.382 e. The monoisotopic (exact) mass is 299 g/mol. The molecule has 0 amide bonds. The fourth-order valence-electron chi connectivity index (χ4n) is 1.92. The number of hydrogen-bond donors (Lipinski definition) is 1. The molecule has 1 rings (SSSR count). The topological polar surface area (TPSA) is 55.4 Å². The van der Waals surface area contributed by atoms with Crippen molar-refractivity contribution in [2.45, 2.75) is 44.6 Å². The molecule has 0 aliphatic carbocycles. The van der Waals surface area contributed by atoms with Crippen molar-refractivity contribution < 1.29 is 13.2 Å². The van der Waals surface area contributed by atoms with Gasteiger partial charge >= 0.3 is 0 Å². The molecule has 0 heterocycles. The van der Waals surface area contributed by atoms with Crippen molar-refractivity contribution in [2.75, 3.05) is 24.2 Å². The molecule has 0 atom stereocenters. The zero-order valence-corrected chi connectivity index (χ0v) is 13.6. The minimum absolute atomic E-state index is 0.192. The quantitative estimate of drug-likeness (QED) is 0.801. The van der Waals surface area contributed by atoms with Crippen molar-refractivity contribution in [3.8, 4) is 0 Å². The second kappa shape index (κ2) is 7.09. The van der Waals surface area contributed by atoms with Gasteiger partial charge in [0.1, 0.15) is 0 Å². The van der Waals surface area contributed by atoms with Crippen molar-refractivity contribution >= 4 is 15.5 Å². The Morgan fingerprint density at radius 1 is 1.15 bits per heavy atom. The van der Waals surface area contributed by atoms with Gasteiger partial charge in [0.05, 0.1) is 16.2 Å². The summed E-state index contributed by atoms with van der Waals surface area (Å²) in [6.45, 7) is 9.20. The van der Waals surface area contributed by atoms with E-state index in [-0.39, 0.29) is 11.4 Å². The Morgan fingerprint density at radius 2 is 1.75 bits per heavy atom. The lowest BCUT2D eigenvalue weighted by Crippen LogP contribution is -2.33. The largest absolute Gasteiger partial charge is 0.382 e. The lowest BCUT2D eigenvalue weighted by molar-refractivity contribution is 0.000697. The minimum atomic E-state index is -3.13. The summed E-state index contributed by atoms with van der Waals surface area (Å²) in [6, 6.07) is 6.90. The number of ether oxygens (including phenoxy) is 1. The molecule has 0 saturated heterocycles. The normalized spacial score (nSPS) is 12.4. The van der Waals surface area contributed by atoms with Crippen LogP contribution in [0.3, 0.4) is 0 Å². The third-order valence-corrected chi connectivity index (χ3v) is 4.88. The molecule has 0 aromatic heterocycles. The highest BCUT2D eigenvalue weighted by molar-refractivity contribution is 7.91. The van der Waals surface area contributed by atoms with E-state index in [0.29, 0.717) is 24.5 Å². The summed E-state index contributed by atoms with van der Waals surface area (Å²) in [4.78, 5) is 0.383. The fourth-order valence-corrected chi connectivity index (χ4v) is 3.25. The van der Waals surface area contributed by atoms with E-state index in [9.17, 15) is 8.42 Å². The summed E-state index contributed by atoms with van der Waals surface area (Å²) in [5, 5.41) is 3.26.